The van der Waals surface area contributed by atoms with Gasteiger partial charge in [0.1, 0.15) is 11.4 Å². The Hall–Kier alpha value is -3.84. The minimum atomic E-state index is -0.843. The monoisotopic (exact) mass is 470 g/mol. The normalized spacial score (nSPS) is 15.6. The molecule has 0 bridgehead atoms. The van der Waals surface area contributed by atoms with Crippen LogP contribution in [0.2, 0.25) is 0 Å². The molecule has 0 N–H and O–H groups in total. The van der Waals surface area contributed by atoms with Crippen LogP contribution in [0.3, 0.4) is 0 Å². The number of carbonyl (C=O) groups is 1. The van der Waals surface area contributed by atoms with Crippen molar-refractivity contribution in [2.24, 2.45) is 0 Å². The highest BCUT2D eigenvalue weighted by molar-refractivity contribution is 7.22. The van der Waals surface area contributed by atoms with E-state index in [2.05, 4.69) is 19.9 Å². The van der Waals surface area contributed by atoms with Gasteiger partial charge in [0.15, 0.2) is 10.6 Å². The van der Waals surface area contributed by atoms with Crippen molar-refractivity contribution in [2.45, 2.75) is 25.8 Å². The third-order valence-electron chi connectivity index (χ3n) is 6.22. The largest absolute Gasteiger partial charge is 0.450 e. The Labute approximate surface area is 198 Å². The maximum absolute atomic E-state index is 14.2. The van der Waals surface area contributed by atoms with E-state index in [-0.39, 0.29) is 16.8 Å². The lowest BCUT2D eigenvalue weighted by Gasteiger charge is -2.22. The minimum absolute atomic E-state index is 0.0277. The molecule has 34 heavy (non-hydrogen) atoms. The van der Waals surface area contributed by atoms with Crippen molar-refractivity contribution in [3.8, 4) is 0 Å². The molecule has 3 aromatic carbocycles. The Morgan fingerprint density at radius 2 is 1.85 bits per heavy atom. The lowest BCUT2D eigenvalue weighted by atomic mass is 9.98. The van der Waals surface area contributed by atoms with Crippen LogP contribution in [-0.2, 0) is 0 Å². The summed E-state index contributed by atoms with van der Waals surface area (Å²) in [6.45, 7) is 4.23. The highest BCUT2D eigenvalue weighted by atomic mass is 32.1. The number of thiazole rings is 1. The van der Waals surface area contributed by atoms with Crippen molar-refractivity contribution >= 4 is 43.6 Å². The molecule has 168 valence electrons. The molecule has 0 saturated heterocycles. The molecule has 2 aromatic heterocycles. The fourth-order valence-electron chi connectivity index (χ4n) is 4.50. The summed E-state index contributed by atoms with van der Waals surface area (Å²) < 4.78 is 21.1. The topological polar surface area (TPSA) is 63.4 Å². The predicted molar refractivity (Wildman–Crippen MR) is 131 cm³/mol. The van der Waals surface area contributed by atoms with E-state index in [1.807, 2.05) is 12.1 Å². The molecule has 0 aliphatic carbocycles. The highest BCUT2D eigenvalue weighted by Crippen LogP contribution is 2.44. The summed E-state index contributed by atoms with van der Waals surface area (Å²) in [5, 5.41) is 0.813. The predicted octanol–water partition coefficient (Wildman–Crippen LogP) is 6.42. The van der Waals surface area contributed by atoms with E-state index < -0.39 is 17.8 Å². The number of para-hydroxylation sites is 1. The lowest BCUT2D eigenvalue weighted by molar-refractivity contribution is 0.0971. The first-order chi connectivity index (χ1) is 16.4. The number of amides is 1. The van der Waals surface area contributed by atoms with E-state index in [0.717, 1.165) is 10.2 Å². The minimum Gasteiger partial charge on any atom is -0.450 e. The van der Waals surface area contributed by atoms with Crippen LogP contribution < -0.4 is 10.3 Å². The molecule has 0 fully saturated rings. The Morgan fingerprint density at radius 1 is 1.03 bits per heavy atom. The van der Waals surface area contributed by atoms with Gasteiger partial charge >= 0.3 is 0 Å². The third-order valence-corrected chi connectivity index (χ3v) is 7.23. The maximum Gasteiger partial charge on any atom is 0.297 e. The van der Waals surface area contributed by atoms with Crippen molar-refractivity contribution in [3.63, 3.8) is 0 Å². The number of anilines is 1. The molecule has 5 aromatic rings. The fourth-order valence-corrected chi connectivity index (χ4v) is 5.54. The highest BCUT2D eigenvalue weighted by Gasteiger charge is 2.45. The van der Waals surface area contributed by atoms with E-state index in [1.165, 1.54) is 33.9 Å². The maximum atomic E-state index is 14.2. The Kier molecular flexibility index (Phi) is 4.64. The number of benzene rings is 3. The molecule has 1 aliphatic heterocycles. The number of aromatic nitrogens is 1. The molecule has 1 aliphatic rings. The summed E-state index contributed by atoms with van der Waals surface area (Å²) in [4.78, 5) is 33.4. The molecule has 1 atom stereocenters. The average Bonchev–Trinajstić information content (AvgIpc) is 3.37. The quantitative estimate of drug-likeness (QED) is 0.305. The van der Waals surface area contributed by atoms with E-state index >= 15 is 0 Å². The first kappa shape index (κ1) is 20.7. The second kappa shape index (κ2) is 7.60. The smallest absolute Gasteiger partial charge is 0.297 e. The summed E-state index contributed by atoms with van der Waals surface area (Å²) in [6, 6.07) is 18.0. The number of nitrogens with zero attached hydrogens (tertiary/aromatic N) is 2. The van der Waals surface area contributed by atoms with Gasteiger partial charge in [0, 0.05) is 0 Å². The molecule has 5 nitrogen and oxygen atoms in total. The Bertz CT molecular complexity index is 1670. The van der Waals surface area contributed by atoms with Crippen molar-refractivity contribution in [1.29, 1.82) is 0 Å². The fraction of sp³-hybridized carbons (Fsp3) is 0.148. The first-order valence-electron chi connectivity index (χ1n) is 11.0. The summed E-state index contributed by atoms with van der Waals surface area (Å²) in [5.41, 5.74) is 2.66. The number of halogens is 1. The van der Waals surface area contributed by atoms with Crippen LogP contribution in [0, 0.1) is 5.82 Å². The molecule has 1 amide bonds. The van der Waals surface area contributed by atoms with Crippen molar-refractivity contribution < 1.29 is 13.6 Å². The molecule has 6 rings (SSSR count). The van der Waals surface area contributed by atoms with Crippen LogP contribution >= 0.6 is 11.3 Å². The van der Waals surface area contributed by atoms with E-state index in [0.29, 0.717) is 27.6 Å². The molecule has 7 heteroatoms. The lowest BCUT2D eigenvalue weighted by Crippen LogP contribution is -2.29. The van der Waals surface area contributed by atoms with Crippen LogP contribution in [-0.4, -0.2) is 10.9 Å². The Morgan fingerprint density at radius 3 is 2.65 bits per heavy atom. The zero-order chi connectivity index (χ0) is 23.6. The van der Waals surface area contributed by atoms with Crippen molar-refractivity contribution in [2.75, 3.05) is 4.90 Å². The van der Waals surface area contributed by atoms with E-state index in [1.54, 1.807) is 36.4 Å². The van der Waals surface area contributed by atoms with Gasteiger partial charge in [-0.15, -0.1) is 0 Å². The summed E-state index contributed by atoms with van der Waals surface area (Å²) in [5.74, 6) is -0.591. The van der Waals surface area contributed by atoms with Crippen molar-refractivity contribution in [1.82, 2.24) is 4.98 Å². The van der Waals surface area contributed by atoms with Gasteiger partial charge < -0.3 is 4.42 Å². The Balaban J connectivity index is 1.61. The van der Waals surface area contributed by atoms with E-state index in [9.17, 15) is 14.0 Å². The van der Waals surface area contributed by atoms with Crippen LogP contribution in [0.15, 0.2) is 75.9 Å². The zero-order valence-corrected chi connectivity index (χ0v) is 19.2. The standard InChI is InChI=1S/C27H19FN2O3S/c1-14(2)15-10-11-19-21(13-15)34-27(29-19)30-23(16-6-5-7-17(28)12-16)22-24(31)18-8-3-4-9-20(18)33-25(22)26(30)32/h3-14,23H,1-2H3/t23-/m1/s1. The van der Waals surface area contributed by atoms with Gasteiger partial charge in [0.2, 0.25) is 5.76 Å². The van der Waals surface area contributed by atoms with Gasteiger partial charge in [-0.25, -0.2) is 9.37 Å². The van der Waals surface area contributed by atoms with Gasteiger partial charge in [-0.1, -0.05) is 55.5 Å². The summed E-state index contributed by atoms with van der Waals surface area (Å²) in [6.07, 6.45) is 0. The molecule has 0 radical (unpaired) electrons. The first-order valence-corrected chi connectivity index (χ1v) is 11.8. The van der Waals surface area contributed by atoms with Gasteiger partial charge in [-0.05, 0) is 53.4 Å². The number of hydrogen-bond acceptors (Lipinski definition) is 5. The van der Waals surface area contributed by atoms with Crippen LogP contribution in [0.5, 0.6) is 0 Å². The number of fused-ring (bicyclic) bond motifs is 3. The molecular formula is C27H19FN2O3S. The number of rotatable bonds is 3. The second-order valence-corrected chi connectivity index (χ2v) is 9.69. The van der Waals surface area contributed by atoms with E-state index in [4.69, 9.17) is 9.40 Å². The summed E-state index contributed by atoms with van der Waals surface area (Å²) in [7, 11) is 0. The van der Waals surface area contributed by atoms with Crippen LogP contribution in [0.4, 0.5) is 9.52 Å². The number of carbonyl (C=O) groups excluding carboxylic acids is 1. The molecule has 0 unspecified atom stereocenters. The van der Waals surface area contributed by atoms with Gasteiger partial charge in [0.05, 0.1) is 27.2 Å². The van der Waals surface area contributed by atoms with Crippen LogP contribution in [0.25, 0.3) is 21.2 Å². The second-order valence-electron chi connectivity index (χ2n) is 8.68. The van der Waals surface area contributed by atoms with Crippen molar-refractivity contribution in [3.05, 3.63) is 105 Å². The molecule has 0 spiro atoms. The van der Waals surface area contributed by atoms with Crippen LogP contribution in [0.1, 0.15) is 53.1 Å². The molecule has 3 heterocycles. The van der Waals surface area contributed by atoms with Gasteiger partial charge in [-0.3, -0.25) is 14.5 Å². The number of hydrogen-bond donors (Lipinski definition) is 0. The molecule has 0 saturated carbocycles. The van der Waals surface area contributed by atoms with Gasteiger partial charge in [-0.2, -0.15) is 0 Å². The SMILES string of the molecule is CC(C)c1ccc2nc(N3C(=O)c4oc5ccccc5c(=O)c4[C@H]3c3cccc(F)c3)sc2c1. The molecular weight excluding hydrogens is 451 g/mol. The average molecular weight is 471 g/mol. The zero-order valence-electron chi connectivity index (χ0n) is 18.4. The summed E-state index contributed by atoms with van der Waals surface area (Å²) >= 11 is 1.37. The third kappa shape index (κ3) is 3.08. The van der Waals surface area contributed by atoms with Gasteiger partial charge in [0.25, 0.3) is 5.91 Å².